The highest BCUT2D eigenvalue weighted by Gasteiger charge is 2.05. The highest BCUT2D eigenvalue weighted by Crippen LogP contribution is 2.09. The summed E-state index contributed by atoms with van der Waals surface area (Å²) in [7, 11) is 0. The first-order valence-corrected chi connectivity index (χ1v) is 6.19. The number of aryl methyl sites for hydroxylation is 1. The topological polar surface area (TPSA) is 84.6 Å². The lowest BCUT2D eigenvalue weighted by Gasteiger charge is -2.06. The lowest BCUT2D eigenvalue weighted by atomic mass is 10.1. The smallest absolute Gasteiger partial charge is 0.258 e. The summed E-state index contributed by atoms with van der Waals surface area (Å²) < 4.78 is 9.98. The van der Waals surface area contributed by atoms with Gasteiger partial charge in [0.15, 0.2) is 6.61 Å². The minimum atomic E-state index is -0.239. The van der Waals surface area contributed by atoms with Gasteiger partial charge in [-0.3, -0.25) is 4.79 Å². The maximum absolute atomic E-state index is 11.6. The van der Waals surface area contributed by atoms with Crippen LogP contribution in [0.5, 0.6) is 5.88 Å². The molecule has 0 bridgehead atoms. The van der Waals surface area contributed by atoms with Gasteiger partial charge in [0.2, 0.25) is 0 Å². The summed E-state index contributed by atoms with van der Waals surface area (Å²) in [4.78, 5) is 11.6. The third-order valence-corrected chi connectivity index (χ3v) is 2.65. The first-order chi connectivity index (χ1) is 9.67. The number of carbonyl (C=O) groups excluding carboxylic acids is 1. The molecule has 0 aliphatic heterocycles. The molecule has 6 heteroatoms. The summed E-state index contributed by atoms with van der Waals surface area (Å²) in [6, 6.07) is 8.95. The molecule has 2 rings (SSSR count). The largest absolute Gasteiger partial charge is 0.465 e. The van der Waals surface area contributed by atoms with Crippen molar-refractivity contribution in [3.63, 3.8) is 0 Å². The third-order valence-electron chi connectivity index (χ3n) is 2.65. The number of aliphatic hydroxyl groups excluding tert-OH is 1. The molecule has 0 fully saturated rings. The molecule has 2 N–H and O–H groups in total. The number of carbonyl (C=O) groups is 1. The number of nitrogens with zero attached hydrogens (tertiary/aromatic N) is 1. The van der Waals surface area contributed by atoms with E-state index in [1.165, 1.54) is 0 Å². The quantitative estimate of drug-likeness (QED) is 0.827. The summed E-state index contributed by atoms with van der Waals surface area (Å²) in [6.45, 7) is 2.06. The molecule has 0 saturated heterocycles. The van der Waals surface area contributed by atoms with Crippen molar-refractivity contribution in [1.82, 2.24) is 10.5 Å². The zero-order chi connectivity index (χ0) is 14.4. The van der Waals surface area contributed by atoms with Gasteiger partial charge < -0.3 is 19.7 Å². The fourth-order valence-electron chi connectivity index (χ4n) is 1.57. The molecule has 1 aromatic carbocycles. The number of hydrogen-bond donors (Lipinski definition) is 2. The third kappa shape index (κ3) is 4.10. The summed E-state index contributed by atoms with van der Waals surface area (Å²) in [6.07, 6.45) is 0. The normalized spacial score (nSPS) is 10.3. The Morgan fingerprint density at radius 2 is 2.05 bits per heavy atom. The number of aromatic nitrogens is 1. The van der Waals surface area contributed by atoms with E-state index in [1.807, 2.05) is 24.3 Å². The Morgan fingerprint density at radius 3 is 2.65 bits per heavy atom. The molecule has 1 heterocycles. The van der Waals surface area contributed by atoms with Crippen LogP contribution in [0, 0.1) is 6.92 Å². The number of aliphatic hydroxyl groups is 1. The molecule has 1 amide bonds. The van der Waals surface area contributed by atoms with Crippen LogP contribution in [0.15, 0.2) is 34.9 Å². The van der Waals surface area contributed by atoms with E-state index < -0.39 is 0 Å². The van der Waals surface area contributed by atoms with E-state index in [9.17, 15) is 4.79 Å². The Balaban J connectivity index is 1.74. The van der Waals surface area contributed by atoms with E-state index in [-0.39, 0.29) is 19.1 Å². The molecule has 0 aliphatic carbocycles. The Kier molecular flexibility index (Phi) is 4.73. The minimum Gasteiger partial charge on any atom is -0.465 e. The number of rotatable bonds is 6. The second-order valence-electron chi connectivity index (χ2n) is 4.32. The monoisotopic (exact) mass is 276 g/mol. The van der Waals surface area contributed by atoms with Crippen molar-refractivity contribution in [2.24, 2.45) is 0 Å². The van der Waals surface area contributed by atoms with E-state index >= 15 is 0 Å². The lowest BCUT2D eigenvalue weighted by Crippen LogP contribution is -2.28. The highest BCUT2D eigenvalue weighted by molar-refractivity contribution is 5.77. The Bertz CT molecular complexity index is 563. The van der Waals surface area contributed by atoms with Crippen LogP contribution >= 0.6 is 0 Å². The van der Waals surface area contributed by atoms with Gasteiger partial charge in [0.05, 0.1) is 6.61 Å². The van der Waals surface area contributed by atoms with Crippen LogP contribution in [0.4, 0.5) is 0 Å². The molecule has 0 atom stereocenters. The van der Waals surface area contributed by atoms with Crippen LogP contribution in [0.25, 0.3) is 0 Å². The maximum atomic E-state index is 11.6. The molecule has 1 aromatic heterocycles. The van der Waals surface area contributed by atoms with Gasteiger partial charge in [0, 0.05) is 12.6 Å². The first kappa shape index (κ1) is 14.1. The number of hydrogen-bond acceptors (Lipinski definition) is 5. The van der Waals surface area contributed by atoms with Crippen molar-refractivity contribution in [3.8, 4) is 5.88 Å². The second kappa shape index (κ2) is 6.72. The van der Waals surface area contributed by atoms with Gasteiger partial charge in [0.1, 0.15) is 5.76 Å². The van der Waals surface area contributed by atoms with E-state index in [0.717, 1.165) is 11.1 Å². The van der Waals surface area contributed by atoms with Crippen LogP contribution < -0.4 is 10.1 Å². The van der Waals surface area contributed by atoms with Gasteiger partial charge in [-0.05, 0) is 23.2 Å². The van der Waals surface area contributed by atoms with Crippen LogP contribution in [-0.4, -0.2) is 22.8 Å². The number of nitrogens with one attached hydrogen (secondary N) is 1. The predicted octanol–water partition coefficient (Wildman–Crippen LogP) is 1.17. The fourth-order valence-corrected chi connectivity index (χ4v) is 1.57. The molecular weight excluding hydrogens is 260 g/mol. The SMILES string of the molecule is Cc1cc(OCC(=O)NCc2ccc(CO)cc2)no1. The minimum absolute atomic E-state index is 0.0115. The molecular formula is C14H16N2O4. The number of ether oxygens (including phenoxy) is 1. The van der Waals surface area contributed by atoms with E-state index in [4.69, 9.17) is 14.4 Å². The van der Waals surface area contributed by atoms with Crippen LogP contribution in [-0.2, 0) is 17.9 Å². The summed E-state index contributed by atoms with van der Waals surface area (Å²) in [5, 5.41) is 15.3. The summed E-state index contributed by atoms with van der Waals surface area (Å²) >= 11 is 0. The van der Waals surface area contributed by atoms with Crippen LogP contribution in [0.3, 0.4) is 0 Å². The van der Waals surface area contributed by atoms with E-state index in [1.54, 1.807) is 13.0 Å². The van der Waals surface area contributed by atoms with Gasteiger partial charge in [-0.25, -0.2) is 0 Å². The van der Waals surface area contributed by atoms with Crippen molar-refractivity contribution >= 4 is 5.91 Å². The molecule has 2 aromatic rings. The van der Waals surface area contributed by atoms with Gasteiger partial charge in [-0.15, -0.1) is 0 Å². The van der Waals surface area contributed by atoms with Crippen molar-refractivity contribution in [2.45, 2.75) is 20.1 Å². The van der Waals surface area contributed by atoms with Crippen molar-refractivity contribution in [2.75, 3.05) is 6.61 Å². The Morgan fingerprint density at radius 1 is 1.35 bits per heavy atom. The number of benzene rings is 1. The van der Waals surface area contributed by atoms with E-state index in [0.29, 0.717) is 18.2 Å². The lowest BCUT2D eigenvalue weighted by molar-refractivity contribution is -0.123. The Labute approximate surface area is 116 Å². The maximum Gasteiger partial charge on any atom is 0.258 e. The molecule has 0 saturated carbocycles. The standard InChI is InChI=1S/C14H16N2O4/c1-10-6-14(16-20-10)19-9-13(18)15-7-11-2-4-12(8-17)5-3-11/h2-6,17H,7-9H2,1H3,(H,15,18). The van der Waals surface area contributed by atoms with Crippen molar-refractivity contribution in [1.29, 1.82) is 0 Å². The highest BCUT2D eigenvalue weighted by atomic mass is 16.5. The molecule has 0 aliphatic rings. The molecule has 20 heavy (non-hydrogen) atoms. The summed E-state index contributed by atoms with van der Waals surface area (Å²) in [5.41, 5.74) is 1.79. The molecule has 0 spiro atoms. The average molecular weight is 276 g/mol. The van der Waals surface area contributed by atoms with Gasteiger partial charge in [-0.2, -0.15) is 0 Å². The van der Waals surface area contributed by atoms with Gasteiger partial charge >= 0.3 is 0 Å². The first-order valence-electron chi connectivity index (χ1n) is 6.19. The van der Waals surface area contributed by atoms with Crippen LogP contribution in [0.1, 0.15) is 16.9 Å². The van der Waals surface area contributed by atoms with Crippen LogP contribution in [0.2, 0.25) is 0 Å². The zero-order valence-corrected chi connectivity index (χ0v) is 11.1. The van der Waals surface area contributed by atoms with Gasteiger partial charge in [0.25, 0.3) is 11.8 Å². The molecule has 0 radical (unpaired) electrons. The number of amides is 1. The Hall–Kier alpha value is -2.34. The van der Waals surface area contributed by atoms with Crippen molar-refractivity contribution in [3.05, 3.63) is 47.2 Å². The molecule has 6 nitrogen and oxygen atoms in total. The van der Waals surface area contributed by atoms with Gasteiger partial charge in [-0.1, -0.05) is 24.3 Å². The zero-order valence-electron chi connectivity index (χ0n) is 11.1. The molecule has 0 unspecified atom stereocenters. The predicted molar refractivity (Wildman–Crippen MR) is 70.9 cm³/mol. The summed E-state index contributed by atoms with van der Waals surface area (Å²) in [5.74, 6) is 0.686. The van der Waals surface area contributed by atoms with E-state index in [2.05, 4.69) is 10.5 Å². The fraction of sp³-hybridized carbons (Fsp3) is 0.286. The second-order valence-corrected chi connectivity index (χ2v) is 4.32. The molecule has 106 valence electrons. The average Bonchev–Trinajstić information content (AvgIpc) is 2.89. The van der Waals surface area contributed by atoms with Crippen molar-refractivity contribution < 1.29 is 19.2 Å².